The van der Waals surface area contributed by atoms with E-state index in [0.29, 0.717) is 18.4 Å². The van der Waals surface area contributed by atoms with E-state index in [-0.39, 0.29) is 35.5 Å². The Bertz CT molecular complexity index is 882. The number of likely N-dealkylation sites (N-methyl/N-ethyl adjacent to an activating group) is 1. The van der Waals surface area contributed by atoms with Crippen molar-refractivity contribution in [1.29, 1.82) is 0 Å². The zero-order valence-corrected chi connectivity index (χ0v) is 17.1. The number of piperazine rings is 1. The Labute approximate surface area is 176 Å². The Kier molecular flexibility index (Phi) is 6.08. The van der Waals surface area contributed by atoms with Gasteiger partial charge in [-0.1, -0.05) is 12.1 Å². The largest absolute Gasteiger partial charge is 0.349 e. The number of aromatic nitrogens is 1. The van der Waals surface area contributed by atoms with Crippen LogP contribution in [0.25, 0.3) is 0 Å². The van der Waals surface area contributed by atoms with E-state index in [4.69, 9.17) is 0 Å². The molecule has 2 aromatic rings. The second-order valence-corrected chi connectivity index (χ2v) is 8.27. The molecule has 1 aromatic heterocycles. The molecule has 30 heavy (non-hydrogen) atoms. The highest BCUT2D eigenvalue weighted by Gasteiger charge is 2.42. The van der Waals surface area contributed by atoms with E-state index in [2.05, 4.69) is 22.2 Å². The van der Waals surface area contributed by atoms with Crippen molar-refractivity contribution in [2.24, 2.45) is 5.92 Å². The first kappa shape index (κ1) is 20.5. The van der Waals surface area contributed by atoms with Crippen molar-refractivity contribution in [3.05, 3.63) is 65.7 Å². The number of rotatable bonds is 4. The van der Waals surface area contributed by atoms with Crippen LogP contribution in [0.1, 0.15) is 34.7 Å². The molecule has 1 saturated heterocycles. The smallest absolute Gasteiger partial charge is 0.251 e. The lowest BCUT2D eigenvalue weighted by Crippen LogP contribution is -2.49. The molecule has 2 fully saturated rings. The van der Waals surface area contributed by atoms with Gasteiger partial charge in [-0.3, -0.25) is 14.6 Å². The maximum Gasteiger partial charge on any atom is 0.251 e. The first-order valence-corrected chi connectivity index (χ1v) is 10.4. The van der Waals surface area contributed by atoms with Crippen LogP contribution in [0.3, 0.4) is 0 Å². The number of pyridine rings is 1. The highest BCUT2D eigenvalue weighted by atomic mass is 19.1. The van der Waals surface area contributed by atoms with Gasteiger partial charge in [-0.05, 0) is 55.6 Å². The predicted octanol–water partition coefficient (Wildman–Crippen LogP) is 2.29. The van der Waals surface area contributed by atoms with Crippen LogP contribution in [0.5, 0.6) is 0 Å². The Morgan fingerprint density at radius 2 is 1.67 bits per heavy atom. The van der Waals surface area contributed by atoms with Crippen LogP contribution in [-0.2, 0) is 4.79 Å². The Balaban J connectivity index is 1.52. The molecule has 4 rings (SSSR count). The van der Waals surface area contributed by atoms with Crippen molar-refractivity contribution in [2.75, 3.05) is 33.2 Å². The molecule has 0 unspecified atom stereocenters. The summed E-state index contributed by atoms with van der Waals surface area (Å²) in [4.78, 5) is 34.1. The number of halogens is 1. The van der Waals surface area contributed by atoms with E-state index in [0.717, 1.165) is 31.7 Å². The minimum absolute atomic E-state index is 0.0412. The molecule has 2 heterocycles. The Morgan fingerprint density at radius 3 is 2.33 bits per heavy atom. The molecule has 1 saturated carbocycles. The summed E-state index contributed by atoms with van der Waals surface area (Å²) in [5.41, 5.74) is 1.50. The van der Waals surface area contributed by atoms with E-state index in [1.165, 1.54) is 12.1 Å². The fourth-order valence-corrected chi connectivity index (χ4v) is 4.54. The molecule has 0 bridgehead atoms. The molecular weight excluding hydrogens is 383 g/mol. The summed E-state index contributed by atoms with van der Waals surface area (Å²) in [6.45, 7) is 3.16. The van der Waals surface area contributed by atoms with Crippen molar-refractivity contribution in [3.63, 3.8) is 0 Å². The highest BCUT2D eigenvalue weighted by molar-refractivity contribution is 5.94. The molecule has 6 nitrogen and oxygen atoms in total. The van der Waals surface area contributed by atoms with Gasteiger partial charge in [0.2, 0.25) is 5.91 Å². The van der Waals surface area contributed by atoms with Crippen molar-refractivity contribution < 1.29 is 14.0 Å². The number of carbonyl (C=O) groups is 2. The monoisotopic (exact) mass is 410 g/mol. The van der Waals surface area contributed by atoms with Gasteiger partial charge < -0.3 is 15.1 Å². The average Bonchev–Trinajstić information content (AvgIpc) is 3.18. The second kappa shape index (κ2) is 8.92. The molecular formula is C23H27FN4O2. The molecule has 158 valence electrons. The number of amides is 2. The van der Waals surface area contributed by atoms with Crippen LogP contribution < -0.4 is 5.32 Å². The SMILES string of the molecule is CN1CCN(C(=O)[C@H]2C[C@@H](NC(=O)c3ccncc3)C[C@@H]2c2ccc(F)cc2)CC1. The summed E-state index contributed by atoms with van der Waals surface area (Å²) in [6, 6.07) is 9.64. The number of carbonyl (C=O) groups excluding carboxylic acids is 2. The van der Waals surface area contributed by atoms with E-state index >= 15 is 0 Å². The lowest BCUT2D eigenvalue weighted by Gasteiger charge is -2.35. The fraction of sp³-hybridized carbons (Fsp3) is 0.435. The first-order chi connectivity index (χ1) is 14.5. The van der Waals surface area contributed by atoms with Crippen molar-refractivity contribution in [1.82, 2.24) is 20.1 Å². The van der Waals surface area contributed by atoms with Gasteiger partial charge in [0, 0.05) is 56.1 Å². The standard InChI is InChI=1S/C23H27FN4O2/c1-27-10-12-28(13-11-27)23(30)21-15-19(26-22(29)17-6-8-25-9-7-17)14-20(21)16-2-4-18(24)5-3-16/h2-9,19-21H,10-15H2,1H3,(H,26,29)/t19-,20+,21-/m0/s1. The number of nitrogens with one attached hydrogen (secondary N) is 1. The van der Waals surface area contributed by atoms with Gasteiger partial charge in [-0.15, -0.1) is 0 Å². The van der Waals surface area contributed by atoms with E-state index in [9.17, 15) is 14.0 Å². The van der Waals surface area contributed by atoms with Crippen LogP contribution in [0.2, 0.25) is 0 Å². The third kappa shape index (κ3) is 4.51. The van der Waals surface area contributed by atoms with Crippen LogP contribution in [0.15, 0.2) is 48.8 Å². The molecule has 3 atom stereocenters. The average molecular weight is 410 g/mol. The second-order valence-electron chi connectivity index (χ2n) is 8.27. The maximum absolute atomic E-state index is 13.5. The van der Waals surface area contributed by atoms with E-state index in [1.54, 1.807) is 36.7 Å². The van der Waals surface area contributed by atoms with Crippen LogP contribution >= 0.6 is 0 Å². The molecule has 1 aromatic carbocycles. The summed E-state index contributed by atoms with van der Waals surface area (Å²) in [5.74, 6) is -0.575. The van der Waals surface area contributed by atoms with Crippen molar-refractivity contribution >= 4 is 11.8 Å². The quantitative estimate of drug-likeness (QED) is 0.840. The lowest BCUT2D eigenvalue weighted by atomic mass is 9.87. The number of hydrogen-bond acceptors (Lipinski definition) is 4. The van der Waals surface area contributed by atoms with Gasteiger partial charge in [0.1, 0.15) is 5.82 Å². The van der Waals surface area contributed by atoms with Gasteiger partial charge in [-0.2, -0.15) is 0 Å². The molecule has 1 aliphatic carbocycles. The molecule has 1 aliphatic heterocycles. The molecule has 2 aliphatic rings. The Morgan fingerprint density at radius 1 is 1.00 bits per heavy atom. The summed E-state index contributed by atoms with van der Waals surface area (Å²) < 4.78 is 13.5. The molecule has 0 spiro atoms. The van der Waals surface area contributed by atoms with Gasteiger partial charge in [0.25, 0.3) is 5.91 Å². The number of hydrogen-bond donors (Lipinski definition) is 1. The zero-order chi connectivity index (χ0) is 21.1. The van der Waals surface area contributed by atoms with Crippen molar-refractivity contribution in [3.8, 4) is 0 Å². The summed E-state index contributed by atoms with van der Waals surface area (Å²) in [7, 11) is 2.06. The van der Waals surface area contributed by atoms with Crippen LogP contribution in [-0.4, -0.2) is 65.9 Å². The third-order valence-corrected chi connectivity index (χ3v) is 6.27. The normalized spacial score (nSPS) is 24.6. The first-order valence-electron chi connectivity index (χ1n) is 10.4. The molecule has 0 radical (unpaired) electrons. The zero-order valence-electron chi connectivity index (χ0n) is 17.1. The van der Waals surface area contributed by atoms with Gasteiger partial charge in [0.15, 0.2) is 0 Å². The van der Waals surface area contributed by atoms with E-state index < -0.39 is 0 Å². The Hall–Kier alpha value is -2.80. The lowest BCUT2D eigenvalue weighted by molar-refractivity contribution is -0.137. The predicted molar refractivity (Wildman–Crippen MR) is 111 cm³/mol. The highest BCUT2D eigenvalue weighted by Crippen LogP contribution is 2.41. The third-order valence-electron chi connectivity index (χ3n) is 6.27. The van der Waals surface area contributed by atoms with Gasteiger partial charge in [-0.25, -0.2) is 4.39 Å². The van der Waals surface area contributed by atoms with Crippen LogP contribution in [0, 0.1) is 11.7 Å². The van der Waals surface area contributed by atoms with Gasteiger partial charge in [0.05, 0.1) is 0 Å². The fourth-order valence-electron chi connectivity index (χ4n) is 4.54. The maximum atomic E-state index is 13.5. The van der Waals surface area contributed by atoms with Crippen molar-refractivity contribution in [2.45, 2.75) is 24.8 Å². The topological polar surface area (TPSA) is 65.5 Å². The minimum Gasteiger partial charge on any atom is -0.349 e. The summed E-state index contributed by atoms with van der Waals surface area (Å²) in [6.07, 6.45) is 4.42. The number of nitrogens with zero attached hydrogens (tertiary/aromatic N) is 3. The van der Waals surface area contributed by atoms with Crippen LogP contribution in [0.4, 0.5) is 4.39 Å². The molecule has 1 N–H and O–H groups in total. The summed E-state index contributed by atoms with van der Waals surface area (Å²) >= 11 is 0. The molecule has 7 heteroatoms. The van der Waals surface area contributed by atoms with Gasteiger partial charge >= 0.3 is 0 Å². The number of benzene rings is 1. The molecule has 2 amide bonds. The van der Waals surface area contributed by atoms with E-state index in [1.807, 2.05) is 4.90 Å². The minimum atomic E-state index is -0.291. The summed E-state index contributed by atoms with van der Waals surface area (Å²) in [5, 5.41) is 3.08.